The zero-order chi connectivity index (χ0) is 13.1. The molecule has 4 heteroatoms. The van der Waals surface area contributed by atoms with Crippen LogP contribution in [0.2, 0.25) is 0 Å². The van der Waals surface area contributed by atoms with Gasteiger partial charge < -0.3 is 10.1 Å². The summed E-state index contributed by atoms with van der Waals surface area (Å²) in [5.74, 6) is -0.0210. The van der Waals surface area contributed by atoms with Crippen molar-refractivity contribution in [1.82, 2.24) is 5.32 Å². The van der Waals surface area contributed by atoms with Gasteiger partial charge >= 0.3 is 0 Å². The summed E-state index contributed by atoms with van der Waals surface area (Å²) in [6.45, 7) is 5.96. The lowest BCUT2D eigenvalue weighted by atomic mass is 10.0. The second-order valence-corrected chi connectivity index (χ2v) is 4.25. The number of amides is 1. The van der Waals surface area contributed by atoms with Crippen molar-refractivity contribution in [3.63, 3.8) is 0 Å². The summed E-state index contributed by atoms with van der Waals surface area (Å²) in [6.07, 6.45) is 1.21. The quantitative estimate of drug-likeness (QED) is 0.833. The predicted molar refractivity (Wildman–Crippen MR) is 67.2 cm³/mol. The van der Waals surface area contributed by atoms with Gasteiger partial charge in [0.1, 0.15) is 11.6 Å². The van der Waals surface area contributed by atoms with E-state index in [0.29, 0.717) is 30.8 Å². The van der Waals surface area contributed by atoms with Gasteiger partial charge in [0, 0.05) is 6.42 Å². The van der Waals surface area contributed by atoms with Gasteiger partial charge in [-0.05, 0) is 31.0 Å². The van der Waals surface area contributed by atoms with Gasteiger partial charge in [-0.25, -0.2) is 4.39 Å². The lowest BCUT2D eigenvalue weighted by molar-refractivity contribution is -0.119. The third-order valence-corrected chi connectivity index (χ3v) is 3.01. The van der Waals surface area contributed by atoms with E-state index in [9.17, 15) is 9.18 Å². The molecule has 3 nitrogen and oxygen atoms in total. The molecule has 1 amide bonds. The van der Waals surface area contributed by atoms with Crippen LogP contribution in [-0.4, -0.2) is 12.5 Å². The highest BCUT2D eigenvalue weighted by atomic mass is 19.1. The summed E-state index contributed by atoms with van der Waals surface area (Å²) in [5.41, 5.74) is 1.15. The van der Waals surface area contributed by atoms with Crippen molar-refractivity contribution in [2.24, 2.45) is 0 Å². The molecule has 1 aromatic carbocycles. The number of ether oxygens (including phenoxy) is 1. The molecule has 1 N–H and O–H groups in total. The number of hydrogen-bond donors (Lipinski definition) is 1. The molecule has 1 atom stereocenters. The molecule has 96 valence electrons. The first kappa shape index (κ1) is 12.6. The molecule has 1 fully saturated rings. The van der Waals surface area contributed by atoms with Crippen LogP contribution < -0.4 is 5.32 Å². The largest absolute Gasteiger partial charge is 0.494 e. The summed E-state index contributed by atoms with van der Waals surface area (Å²) in [5, 5.41) is 2.81. The Balaban J connectivity index is 2.19. The molecule has 1 heterocycles. The fourth-order valence-corrected chi connectivity index (χ4v) is 2.09. The number of nitrogens with one attached hydrogen (secondary N) is 1. The van der Waals surface area contributed by atoms with Gasteiger partial charge in [-0.3, -0.25) is 4.79 Å². The fraction of sp³-hybridized carbons (Fsp3) is 0.357. The highest BCUT2D eigenvalue weighted by Gasteiger charge is 2.23. The van der Waals surface area contributed by atoms with Crippen molar-refractivity contribution in [2.75, 3.05) is 6.61 Å². The van der Waals surface area contributed by atoms with Crippen LogP contribution in [-0.2, 0) is 9.53 Å². The minimum Gasteiger partial charge on any atom is -0.494 e. The molecule has 2 rings (SSSR count). The van der Waals surface area contributed by atoms with E-state index in [0.717, 1.165) is 5.56 Å². The summed E-state index contributed by atoms with van der Waals surface area (Å²) < 4.78 is 19.1. The fourth-order valence-electron chi connectivity index (χ4n) is 2.09. The van der Waals surface area contributed by atoms with Crippen LogP contribution in [0.4, 0.5) is 4.39 Å². The minimum atomic E-state index is -0.368. The van der Waals surface area contributed by atoms with Gasteiger partial charge in [-0.2, -0.15) is 0 Å². The topological polar surface area (TPSA) is 38.3 Å². The molecule has 1 aliphatic rings. The summed E-state index contributed by atoms with van der Waals surface area (Å²) in [6, 6.07) is 4.81. The maximum absolute atomic E-state index is 13.9. The second kappa shape index (κ2) is 5.21. The molecule has 0 spiro atoms. The normalized spacial score (nSPS) is 18.6. The molecule has 0 unspecified atom stereocenters. The highest BCUT2D eigenvalue weighted by Crippen LogP contribution is 2.27. The Bertz CT molecular complexity index is 485. The van der Waals surface area contributed by atoms with Gasteiger partial charge in [-0.15, -0.1) is 0 Å². The average molecular weight is 249 g/mol. The third-order valence-electron chi connectivity index (χ3n) is 3.01. The standard InChI is InChI=1S/C14H16FNO2/c1-3-18-9(2)11-5-4-10(8-12(11)15)13-6-7-14(17)16-13/h4-5,8,13H,2-3,6-7H2,1H3,(H,16,17)/t13-/m1/s1. The minimum absolute atomic E-state index is 0.0169. The lowest BCUT2D eigenvalue weighted by Crippen LogP contribution is -2.18. The van der Waals surface area contributed by atoms with Crippen LogP contribution in [0.5, 0.6) is 0 Å². The van der Waals surface area contributed by atoms with E-state index in [4.69, 9.17) is 4.74 Å². The maximum Gasteiger partial charge on any atom is 0.220 e. The Morgan fingerprint density at radius 3 is 2.94 bits per heavy atom. The van der Waals surface area contributed by atoms with E-state index in [-0.39, 0.29) is 17.8 Å². The van der Waals surface area contributed by atoms with Gasteiger partial charge in [0.2, 0.25) is 5.91 Å². The zero-order valence-corrected chi connectivity index (χ0v) is 10.3. The average Bonchev–Trinajstić information content (AvgIpc) is 2.76. The van der Waals surface area contributed by atoms with Crippen molar-refractivity contribution in [3.05, 3.63) is 41.7 Å². The number of benzene rings is 1. The van der Waals surface area contributed by atoms with Gasteiger partial charge in [0.15, 0.2) is 0 Å². The van der Waals surface area contributed by atoms with E-state index in [1.54, 1.807) is 12.1 Å². The second-order valence-electron chi connectivity index (χ2n) is 4.25. The molecular weight excluding hydrogens is 233 g/mol. The first-order valence-electron chi connectivity index (χ1n) is 6.02. The molecule has 0 aliphatic carbocycles. The van der Waals surface area contributed by atoms with Crippen LogP contribution >= 0.6 is 0 Å². The lowest BCUT2D eigenvalue weighted by Gasteiger charge is -2.13. The van der Waals surface area contributed by atoms with E-state index in [1.165, 1.54) is 6.07 Å². The monoisotopic (exact) mass is 249 g/mol. The molecule has 1 saturated heterocycles. The zero-order valence-electron chi connectivity index (χ0n) is 10.3. The first-order valence-corrected chi connectivity index (χ1v) is 6.02. The SMILES string of the molecule is C=C(OCC)c1ccc([C@H]2CCC(=O)N2)cc1F. The van der Waals surface area contributed by atoms with E-state index in [1.807, 2.05) is 6.92 Å². The smallest absolute Gasteiger partial charge is 0.220 e. The molecule has 1 aliphatic heterocycles. The van der Waals surface area contributed by atoms with Crippen molar-refractivity contribution in [2.45, 2.75) is 25.8 Å². The summed E-state index contributed by atoms with van der Waals surface area (Å²) in [4.78, 5) is 11.1. The van der Waals surface area contributed by atoms with Crippen LogP contribution in [0.3, 0.4) is 0 Å². The molecule has 18 heavy (non-hydrogen) atoms. The predicted octanol–water partition coefficient (Wildman–Crippen LogP) is 2.78. The van der Waals surface area contributed by atoms with Crippen molar-refractivity contribution >= 4 is 11.7 Å². The van der Waals surface area contributed by atoms with Gasteiger partial charge in [-0.1, -0.05) is 12.6 Å². The van der Waals surface area contributed by atoms with E-state index < -0.39 is 0 Å². The molecular formula is C14H16FNO2. The Hall–Kier alpha value is -1.84. The van der Waals surface area contributed by atoms with Crippen LogP contribution in [0.25, 0.3) is 5.76 Å². The molecule has 0 bridgehead atoms. The Labute approximate surface area is 106 Å². The highest BCUT2D eigenvalue weighted by molar-refractivity contribution is 5.78. The van der Waals surface area contributed by atoms with Crippen LogP contribution in [0.15, 0.2) is 24.8 Å². The molecule has 0 aromatic heterocycles. The molecule has 0 radical (unpaired) electrons. The Kier molecular flexibility index (Phi) is 3.65. The first-order chi connectivity index (χ1) is 8.61. The van der Waals surface area contributed by atoms with Gasteiger partial charge in [0.25, 0.3) is 0 Å². The number of halogens is 1. The number of rotatable bonds is 4. The molecule has 0 saturated carbocycles. The van der Waals surface area contributed by atoms with Gasteiger partial charge in [0.05, 0.1) is 18.2 Å². The number of hydrogen-bond acceptors (Lipinski definition) is 2. The van der Waals surface area contributed by atoms with Crippen LogP contribution in [0, 0.1) is 5.82 Å². The number of carbonyl (C=O) groups excluding carboxylic acids is 1. The van der Waals surface area contributed by atoms with E-state index >= 15 is 0 Å². The van der Waals surface area contributed by atoms with Crippen molar-refractivity contribution < 1.29 is 13.9 Å². The van der Waals surface area contributed by atoms with Crippen molar-refractivity contribution in [3.8, 4) is 0 Å². The van der Waals surface area contributed by atoms with E-state index in [2.05, 4.69) is 11.9 Å². The Morgan fingerprint density at radius 2 is 2.39 bits per heavy atom. The maximum atomic E-state index is 13.9. The Morgan fingerprint density at radius 1 is 1.61 bits per heavy atom. The number of carbonyl (C=O) groups is 1. The summed E-state index contributed by atoms with van der Waals surface area (Å²) in [7, 11) is 0. The summed E-state index contributed by atoms with van der Waals surface area (Å²) >= 11 is 0. The third kappa shape index (κ3) is 2.53. The van der Waals surface area contributed by atoms with Crippen LogP contribution in [0.1, 0.15) is 36.9 Å². The molecule has 1 aromatic rings. The van der Waals surface area contributed by atoms with Crippen molar-refractivity contribution in [1.29, 1.82) is 0 Å².